The van der Waals surface area contributed by atoms with E-state index in [1.165, 1.54) is 12.1 Å². The van der Waals surface area contributed by atoms with Gasteiger partial charge < -0.3 is 14.6 Å². The average molecular weight is 442 g/mol. The van der Waals surface area contributed by atoms with Crippen molar-refractivity contribution in [2.24, 2.45) is 5.10 Å². The molecule has 0 spiro atoms. The van der Waals surface area contributed by atoms with Crippen LogP contribution in [0.25, 0.3) is 16.9 Å². The standard InChI is InChI=1S/C25H22N4O4/c1-32-22-12-11-17(14-23(22)33-2)24-19(16-29(28-24)21-9-4-3-5-10-21)15-26-27-20-8-6-7-18(13-20)25(30)31/h3-16,27H,1-2H3,(H,30,31)/b26-15+. The molecule has 4 aromatic rings. The number of rotatable bonds is 8. The molecule has 0 aliphatic rings. The molecule has 0 radical (unpaired) electrons. The minimum Gasteiger partial charge on any atom is -0.493 e. The zero-order chi connectivity index (χ0) is 23.2. The van der Waals surface area contributed by atoms with Crippen molar-refractivity contribution in [2.75, 3.05) is 19.6 Å². The maximum atomic E-state index is 11.2. The molecule has 0 aliphatic heterocycles. The second-order valence-corrected chi connectivity index (χ2v) is 7.04. The second kappa shape index (κ2) is 9.69. The van der Waals surface area contributed by atoms with Crippen LogP contribution in [0.2, 0.25) is 0 Å². The van der Waals surface area contributed by atoms with E-state index in [2.05, 4.69) is 10.5 Å². The van der Waals surface area contributed by atoms with Crippen LogP contribution in [0.5, 0.6) is 11.5 Å². The van der Waals surface area contributed by atoms with Crippen molar-refractivity contribution in [1.82, 2.24) is 9.78 Å². The molecule has 0 atom stereocenters. The highest BCUT2D eigenvalue weighted by Gasteiger charge is 2.14. The molecule has 0 saturated heterocycles. The van der Waals surface area contributed by atoms with Gasteiger partial charge in [0.15, 0.2) is 11.5 Å². The highest BCUT2D eigenvalue weighted by atomic mass is 16.5. The molecule has 166 valence electrons. The number of para-hydroxylation sites is 1. The first kappa shape index (κ1) is 21.6. The molecule has 33 heavy (non-hydrogen) atoms. The van der Waals surface area contributed by atoms with Gasteiger partial charge in [-0.05, 0) is 48.5 Å². The average Bonchev–Trinajstić information content (AvgIpc) is 3.28. The minimum absolute atomic E-state index is 0.179. The number of hydrogen-bond donors (Lipinski definition) is 2. The topological polar surface area (TPSA) is 98.0 Å². The maximum absolute atomic E-state index is 11.2. The van der Waals surface area contributed by atoms with Crippen LogP contribution in [0, 0.1) is 0 Å². The number of hydrogen-bond acceptors (Lipinski definition) is 6. The summed E-state index contributed by atoms with van der Waals surface area (Å²) in [4.78, 5) is 11.2. The van der Waals surface area contributed by atoms with Gasteiger partial charge in [-0.15, -0.1) is 0 Å². The lowest BCUT2D eigenvalue weighted by molar-refractivity contribution is 0.0697. The lowest BCUT2D eigenvalue weighted by Gasteiger charge is -2.09. The first-order valence-electron chi connectivity index (χ1n) is 10.1. The Hall–Kier alpha value is -4.59. The van der Waals surface area contributed by atoms with Crippen molar-refractivity contribution in [3.05, 3.63) is 90.1 Å². The quantitative estimate of drug-likeness (QED) is 0.303. The SMILES string of the molecule is COc1ccc(-c2nn(-c3ccccc3)cc2/C=N/Nc2cccc(C(=O)O)c2)cc1OC. The Bertz CT molecular complexity index is 1300. The van der Waals surface area contributed by atoms with Crippen LogP contribution in [-0.2, 0) is 0 Å². The Morgan fingerprint density at radius 1 is 1.00 bits per heavy atom. The molecule has 8 nitrogen and oxygen atoms in total. The number of carbonyl (C=O) groups is 1. The van der Waals surface area contributed by atoms with Crippen LogP contribution in [0.1, 0.15) is 15.9 Å². The fraction of sp³-hybridized carbons (Fsp3) is 0.0800. The van der Waals surface area contributed by atoms with Crippen molar-refractivity contribution >= 4 is 17.9 Å². The van der Waals surface area contributed by atoms with E-state index in [1.807, 2.05) is 54.7 Å². The number of carboxylic acids is 1. The van der Waals surface area contributed by atoms with Gasteiger partial charge in [0.25, 0.3) is 0 Å². The molecule has 8 heteroatoms. The molecule has 0 unspecified atom stereocenters. The van der Waals surface area contributed by atoms with Gasteiger partial charge in [0.05, 0.1) is 37.4 Å². The van der Waals surface area contributed by atoms with Gasteiger partial charge in [0.1, 0.15) is 5.69 Å². The first-order valence-corrected chi connectivity index (χ1v) is 10.1. The Kier molecular flexibility index (Phi) is 6.36. The van der Waals surface area contributed by atoms with E-state index < -0.39 is 5.97 Å². The van der Waals surface area contributed by atoms with E-state index in [-0.39, 0.29) is 5.56 Å². The van der Waals surface area contributed by atoms with E-state index in [0.717, 1.165) is 16.8 Å². The molecule has 1 heterocycles. The van der Waals surface area contributed by atoms with Crippen molar-refractivity contribution in [3.8, 4) is 28.4 Å². The summed E-state index contributed by atoms with van der Waals surface area (Å²) in [6.07, 6.45) is 3.52. The van der Waals surface area contributed by atoms with Gasteiger partial charge in [-0.1, -0.05) is 24.3 Å². The third-order valence-electron chi connectivity index (χ3n) is 4.93. The first-order chi connectivity index (χ1) is 16.1. The minimum atomic E-state index is -0.998. The molecule has 4 rings (SSSR count). The second-order valence-electron chi connectivity index (χ2n) is 7.04. The van der Waals surface area contributed by atoms with E-state index in [9.17, 15) is 4.79 Å². The number of aromatic nitrogens is 2. The Labute approximate surface area is 190 Å². The van der Waals surface area contributed by atoms with Gasteiger partial charge >= 0.3 is 5.97 Å². The van der Waals surface area contributed by atoms with Crippen LogP contribution < -0.4 is 14.9 Å². The Morgan fingerprint density at radius 3 is 2.52 bits per heavy atom. The van der Waals surface area contributed by atoms with E-state index in [0.29, 0.717) is 22.9 Å². The summed E-state index contributed by atoms with van der Waals surface area (Å²) in [6, 6.07) is 21.8. The number of benzene rings is 3. The van der Waals surface area contributed by atoms with E-state index in [1.54, 1.807) is 37.2 Å². The number of aromatic carboxylic acids is 1. The van der Waals surface area contributed by atoms with E-state index >= 15 is 0 Å². The zero-order valence-electron chi connectivity index (χ0n) is 18.1. The van der Waals surface area contributed by atoms with Crippen molar-refractivity contribution < 1.29 is 19.4 Å². The maximum Gasteiger partial charge on any atom is 0.335 e. The van der Waals surface area contributed by atoms with Crippen LogP contribution in [0.3, 0.4) is 0 Å². The number of ether oxygens (including phenoxy) is 2. The van der Waals surface area contributed by atoms with Crippen LogP contribution in [-0.4, -0.2) is 41.3 Å². The third-order valence-corrected chi connectivity index (χ3v) is 4.93. The van der Waals surface area contributed by atoms with Gasteiger partial charge in [-0.3, -0.25) is 5.43 Å². The molecule has 1 aromatic heterocycles. The van der Waals surface area contributed by atoms with Crippen molar-refractivity contribution in [3.63, 3.8) is 0 Å². The predicted octanol–water partition coefficient (Wildman–Crippen LogP) is 4.70. The number of carboxylic acid groups (broad SMARTS) is 1. The van der Waals surface area contributed by atoms with Crippen LogP contribution >= 0.6 is 0 Å². The molecule has 0 saturated carbocycles. The summed E-state index contributed by atoms with van der Waals surface area (Å²) >= 11 is 0. The number of methoxy groups -OCH3 is 2. The highest BCUT2D eigenvalue weighted by Crippen LogP contribution is 2.33. The smallest absolute Gasteiger partial charge is 0.335 e. The largest absolute Gasteiger partial charge is 0.493 e. The molecular formula is C25H22N4O4. The van der Waals surface area contributed by atoms with Gasteiger partial charge in [-0.2, -0.15) is 10.2 Å². The predicted molar refractivity (Wildman–Crippen MR) is 127 cm³/mol. The fourth-order valence-corrected chi connectivity index (χ4v) is 3.30. The number of nitrogens with zero attached hydrogens (tertiary/aromatic N) is 3. The summed E-state index contributed by atoms with van der Waals surface area (Å²) < 4.78 is 12.6. The Morgan fingerprint density at radius 2 is 1.79 bits per heavy atom. The molecule has 0 bridgehead atoms. The van der Waals surface area contributed by atoms with Crippen LogP contribution in [0.15, 0.2) is 84.1 Å². The van der Waals surface area contributed by atoms with Crippen molar-refractivity contribution in [2.45, 2.75) is 0 Å². The van der Waals surface area contributed by atoms with Gasteiger partial charge in [-0.25, -0.2) is 9.48 Å². The number of anilines is 1. The monoisotopic (exact) mass is 442 g/mol. The summed E-state index contributed by atoms with van der Waals surface area (Å²) in [5.41, 5.74) is 6.81. The van der Waals surface area contributed by atoms with Crippen LogP contribution in [0.4, 0.5) is 5.69 Å². The zero-order valence-corrected chi connectivity index (χ0v) is 18.1. The molecule has 2 N–H and O–H groups in total. The number of nitrogens with one attached hydrogen (secondary N) is 1. The summed E-state index contributed by atoms with van der Waals surface area (Å²) in [7, 11) is 3.17. The lowest BCUT2D eigenvalue weighted by Crippen LogP contribution is -1.98. The molecule has 0 fully saturated rings. The summed E-state index contributed by atoms with van der Waals surface area (Å²) in [5, 5.41) is 18.2. The Balaban J connectivity index is 1.70. The highest BCUT2D eigenvalue weighted by molar-refractivity contribution is 5.90. The molecule has 0 amide bonds. The molecule has 0 aliphatic carbocycles. The fourth-order valence-electron chi connectivity index (χ4n) is 3.30. The number of hydrazone groups is 1. The lowest BCUT2D eigenvalue weighted by atomic mass is 10.1. The summed E-state index contributed by atoms with van der Waals surface area (Å²) in [6.45, 7) is 0. The third kappa shape index (κ3) is 4.85. The normalized spacial score (nSPS) is 10.8. The van der Waals surface area contributed by atoms with Crippen molar-refractivity contribution in [1.29, 1.82) is 0 Å². The van der Waals surface area contributed by atoms with Gasteiger partial charge in [0.2, 0.25) is 0 Å². The van der Waals surface area contributed by atoms with E-state index in [4.69, 9.17) is 19.7 Å². The van der Waals surface area contributed by atoms with Gasteiger partial charge in [0, 0.05) is 17.3 Å². The summed E-state index contributed by atoms with van der Waals surface area (Å²) in [5.74, 6) is 0.220. The molecular weight excluding hydrogens is 420 g/mol. The molecule has 3 aromatic carbocycles.